The molecule has 0 saturated heterocycles. The Morgan fingerprint density at radius 2 is 1.95 bits per heavy atom. The molecule has 5 nitrogen and oxygen atoms in total. The second kappa shape index (κ2) is 7.03. The fourth-order valence-electron chi connectivity index (χ4n) is 2.40. The Hall–Kier alpha value is -1.42. The Labute approximate surface area is 127 Å². The van der Waals surface area contributed by atoms with Crippen molar-refractivity contribution in [1.82, 2.24) is 9.21 Å². The molecule has 21 heavy (non-hydrogen) atoms. The normalized spacial score (nSPS) is 13.4. The highest BCUT2D eigenvalue weighted by atomic mass is 32.2. The van der Waals surface area contributed by atoms with Crippen LogP contribution in [0.1, 0.15) is 25.0 Å². The average molecular weight is 309 g/mol. The van der Waals surface area contributed by atoms with Gasteiger partial charge in [0.1, 0.15) is 0 Å². The standard InChI is InChI=1S/C15H23N3O2S/c1-6-18(13(3)11-17(4)5)21(19,20)15-8-7-14(10-16)12(2)9-15/h7-9,13H,6,11H2,1-5H3. The van der Waals surface area contributed by atoms with Gasteiger partial charge in [0.25, 0.3) is 0 Å². The van der Waals surface area contributed by atoms with Gasteiger partial charge >= 0.3 is 0 Å². The number of sulfonamides is 1. The molecule has 0 amide bonds. The summed E-state index contributed by atoms with van der Waals surface area (Å²) >= 11 is 0. The Kier molecular flexibility index (Phi) is 5.90. The number of nitriles is 1. The summed E-state index contributed by atoms with van der Waals surface area (Å²) in [5.74, 6) is 0. The fourth-order valence-corrected chi connectivity index (χ4v) is 4.11. The summed E-state index contributed by atoms with van der Waals surface area (Å²) in [7, 11) is 0.293. The summed E-state index contributed by atoms with van der Waals surface area (Å²) in [6.45, 7) is 6.55. The lowest BCUT2D eigenvalue weighted by Gasteiger charge is -2.29. The summed E-state index contributed by atoms with van der Waals surface area (Å²) in [6.07, 6.45) is 0. The van der Waals surface area contributed by atoms with Gasteiger partial charge in [0, 0.05) is 19.1 Å². The average Bonchev–Trinajstić information content (AvgIpc) is 2.38. The topological polar surface area (TPSA) is 64.4 Å². The highest BCUT2D eigenvalue weighted by Gasteiger charge is 2.28. The van der Waals surface area contributed by atoms with E-state index in [1.54, 1.807) is 19.1 Å². The van der Waals surface area contributed by atoms with Gasteiger partial charge in [0.15, 0.2) is 0 Å². The first-order chi connectivity index (χ1) is 9.73. The maximum atomic E-state index is 12.8. The molecule has 116 valence electrons. The van der Waals surface area contributed by atoms with Gasteiger partial charge in [-0.05, 0) is 51.7 Å². The molecule has 0 aliphatic carbocycles. The molecule has 1 aromatic rings. The van der Waals surface area contributed by atoms with Crippen molar-refractivity contribution in [2.24, 2.45) is 0 Å². The Morgan fingerprint density at radius 3 is 2.38 bits per heavy atom. The van der Waals surface area contributed by atoms with Gasteiger partial charge in [-0.25, -0.2) is 8.42 Å². The fraction of sp³-hybridized carbons (Fsp3) is 0.533. The molecule has 1 aromatic carbocycles. The molecule has 6 heteroatoms. The lowest BCUT2D eigenvalue weighted by molar-refractivity contribution is 0.271. The summed E-state index contributed by atoms with van der Waals surface area (Å²) < 4.78 is 27.0. The SMILES string of the molecule is CCN(C(C)CN(C)C)S(=O)(=O)c1ccc(C#N)c(C)c1. The van der Waals surface area contributed by atoms with Crippen LogP contribution in [0.4, 0.5) is 0 Å². The van der Waals surface area contributed by atoms with Crippen molar-refractivity contribution in [2.45, 2.75) is 31.7 Å². The second-order valence-electron chi connectivity index (χ2n) is 5.41. The van der Waals surface area contributed by atoms with E-state index < -0.39 is 10.0 Å². The zero-order chi connectivity index (χ0) is 16.2. The van der Waals surface area contributed by atoms with Crippen molar-refractivity contribution in [3.05, 3.63) is 29.3 Å². The third kappa shape index (κ3) is 4.03. The number of hydrogen-bond donors (Lipinski definition) is 0. The van der Waals surface area contributed by atoms with Gasteiger partial charge in [-0.1, -0.05) is 6.92 Å². The van der Waals surface area contributed by atoms with Crippen molar-refractivity contribution in [1.29, 1.82) is 5.26 Å². The van der Waals surface area contributed by atoms with Gasteiger partial charge < -0.3 is 4.90 Å². The summed E-state index contributed by atoms with van der Waals surface area (Å²) in [5, 5.41) is 8.94. The third-order valence-corrected chi connectivity index (χ3v) is 5.44. The highest BCUT2D eigenvalue weighted by molar-refractivity contribution is 7.89. The molecule has 0 radical (unpaired) electrons. The number of likely N-dealkylation sites (N-methyl/N-ethyl adjacent to an activating group) is 2. The Morgan fingerprint density at radius 1 is 1.33 bits per heavy atom. The first kappa shape index (κ1) is 17.6. The van der Waals surface area contributed by atoms with Crippen LogP contribution in [0, 0.1) is 18.3 Å². The molecule has 0 aliphatic heterocycles. The Bertz CT molecular complexity index is 633. The molecular weight excluding hydrogens is 286 g/mol. The summed E-state index contributed by atoms with van der Waals surface area (Å²) in [5.41, 5.74) is 1.17. The number of rotatable bonds is 6. The van der Waals surface area contributed by atoms with E-state index in [4.69, 9.17) is 5.26 Å². The molecule has 0 aliphatic rings. The van der Waals surface area contributed by atoms with E-state index in [0.29, 0.717) is 24.2 Å². The first-order valence-electron chi connectivity index (χ1n) is 6.91. The molecular formula is C15H23N3O2S. The van der Waals surface area contributed by atoms with E-state index in [-0.39, 0.29) is 10.9 Å². The molecule has 0 spiro atoms. The van der Waals surface area contributed by atoms with Crippen LogP contribution in [-0.4, -0.2) is 50.8 Å². The molecule has 0 heterocycles. The molecule has 0 N–H and O–H groups in total. The van der Waals surface area contributed by atoms with Crippen LogP contribution in [0.2, 0.25) is 0 Å². The van der Waals surface area contributed by atoms with E-state index in [0.717, 1.165) is 0 Å². The van der Waals surface area contributed by atoms with Gasteiger partial charge in [-0.15, -0.1) is 0 Å². The number of benzene rings is 1. The maximum absolute atomic E-state index is 12.8. The predicted octanol–water partition coefficient (Wildman–Crippen LogP) is 1.83. The number of aryl methyl sites for hydroxylation is 1. The van der Waals surface area contributed by atoms with Crippen molar-refractivity contribution in [3.8, 4) is 6.07 Å². The molecule has 0 saturated carbocycles. The van der Waals surface area contributed by atoms with E-state index in [2.05, 4.69) is 6.07 Å². The van der Waals surface area contributed by atoms with Gasteiger partial charge in [-0.3, -0.25) is 0 Å². The van der Waals surface area contributed by atoms with Crippen LogP contribution >= 0.6 is 0 Å². The van der Waals surface area contributed by atoms with Crippen molar-refractivity contribution >= 4 is 10.0 Å². The lowest BCUT2D eigenvalue weighted by atomic mass is 10.1. The first-order valence-corrected chi connectivity index (χ1v) is 8.35. The largest absolute Gasteiger partial charge is 0.308 e. The van der Waals surface area contributed by atoms with E-state index in [9.17, 15) is 8.42 Å². The predicted molar refractivity (Wildman–Crippen MR) is 83.5 cm³/mol. The van der Waals surface area contributed by atoms with Crippen LogP contribution in [0.15, 0.2) is 23.1 Å². The quantitative estimate of drug-likeness (QED) is 0.804. The lowest BCUT2D eigenvalue weighted by Crippen LogP contribution is -2.43. The van der Waals surface area contributed by atoms with Crippen LogP contribution in [0.3, 0.4) is 0 Å². The van der Waals surface area contributed by atoms with Crippen molar-refractivity contribution in [2.75, 3.05) is 27.2 Å². The zero-order valence-electron chi connectivity index (χ0n) is 13.3. The monoisotopic (exact) mass is 309 g/mol. The van der Waals surface area contributed by atoms with Gasteiger partial charge in [0.2, 0.25) is 10.0 Å². The molecule has 0 aromatic heterocycles. The number of hydrogen-bond acceptors (Lipinski definition) is 4. The van der Waals surface area contributed by atoms with Crippen LogP contribution in [0.25, 0.3) is 0 Å². The summed E-state index contributed by atoms with van der Waals surface area (Å²) in [4.78, 5) is 2.21. The molecule has 1 rings (SSSR count). The van der Waals surface area contributed by atoms with E-state index in [1.165, 1.54) is 10.4 Å². The second-order valence-corrected chi connectivity index (χ2v) is 7.30. The van der Waals surface area contributed by atoms with Crippen molar-refractivity contribution in [3.63, 3.8) is 0 Å². The minimum Gasteiger partial charge on any atom is -0.308 e. The number of nitrogens with zero attached hydrogens (tertiary/aromatic N) is 3. The minimum absolute atomic E-state index is 0.119. The van der Waals surface area contributed by atoms with Crippen LogP contribution in [0.5, 0.6) is 0 Å². The van der Waals surface area contributed by atoms with Crippen molar-refractivity contribution < 1.29 is 8.42 Å². The third-order valence-electron chi connectivity index (χ3n) is 3.36. The minimum atomic E-state index is -3.55. The molecule has 1 unspecified atom stereocenters. The van der Waals surface area contributed by atoms with E-state index >= 15 is 0 Å². The van der Waals surface area contributed by atoms with Gasteiger partial charge in [-0.2, -0.15) is 9.57 Å². The van der Waals surface area contributed by atoms with Gasteiger partial charge in [0.05, 0.1) is 16.5 Å². The molecule has 1 atom stereocenters. The smallest absolute Gasteiger partial charge is 0.243 e. The highest BCUT2D eigenvalue weighted by Crippen LogP contribution is 2.21. The maximum Gasteiger partial charge on any atom is 0.243 e. The van der Waals surface area contributed by atoms with E-state index in [1.807, 2.05) is 32.8 Å². The zero-order valence-corrected chi connectivity index (χ0v) is 14.1. The molecule has 0 fully saturated rings. The van der Waals surface area contributed by atoms with Crippen LogP contribution < -0.4 is 0 Å². The van der Waals surface area contributed by atoms with Crippen LogP contribution in [-0.2, 0) is 10.0 Å². The Balaban J connectivity index is 3.19. The molecule has 0 bridgehead atoms. The summed E-state index contributed by atoms with van der Waals surface area (Å²) in [6, 6.07) is 6.57.